The molecule has 0 aliphatic heterocycles. The monoisotopic (exact) mass is 251 g/mol. The van der Waals surface area contributed by atoms with E-state index in [0.29, 0.717) is 6.42 Å². The van der Waals surface area contributed by atoms with Crippen LogP contribution in [-0.4, -0.2) is 34.2 Å². The van der Waals surface area contributed by atoms with Gasteiger partial charge in [-0.1, -0.05) is 12.1 Å². The van der Waals surface area contributed by atoms with Gasteiger partial charge in [-0.25, -0.2) is 4.79 Å². The fourth-order valence-corrected chi connectivity index (χ4v) is 1.58. The summed E-state index contributed by atoms with van der Waals surface area (Å²) in [6.07, 6.45) is 0.397. The zero-order chi connectivity index (χ0) is 13.8. The van der Waals surface area contributed by atoms with E-state index in [9.17, 15) is 9.59 Å². The molecule has 0 bridgehead atoms. The third kappa shape index (κ3) is 3.56. The summed E-state index contributed by atoms with van der Waals surface area (Å²) in [6, 6.07) is 6.03. The van der Waals surface area contributed by atoms with Crippen LogP contribution in [-0.2, 0) is 0 Å². The Bertz CT molecular complexity index is 454. The minimum atomic E-state index is -1.14. The second-order valence-corrected chi connectivity index (χ2v) is 4.66. The van der Waals surface area contributed by atoms with Crippen LogP contribution in [0.2, 0.25) is 0 Å². The molecule has 0 aromatic heterocycles. The number of carboxylic acid groups (broad SMARTS) is 1. The molecule has 3 N–H and O–H groups in total. The van der Waals surface area contributed by atoms with Gasteiger partial charge in [-0.05, 0) is 32.4 Å². The first-order valence-corrected chi connectivity index (χ1v) is 5.63. The fraction of sp³-hybridized carbons (Fsp3) is 0.385. The van der Waals surface area contributed by atoms with Crippen LogP contribution in [0.15, 0.2) is 24.3 Å². The lowest BCUT2D eigenvalue weighted by atomic mass is 9.99. The van der Waals surface area contributed by atoms with Gasteiger partial charge in [-0.3, -0.25) is 4.79 Å². The van der Waals surface area contributed by atoms with Crippen LogP contribution < -0.4 is 5.32 Å². The standard InChI is InChI=1S/C13H17NO4/c1-13(2,7-8-15)14-11(16)9-5-3-4-6-10(9)12(17)18/h3-6,15H,7-8H2,1-2H3,(H,14,16)(H,17,18). The van der Waals surface area contributed by atoms with Crippen molar-refractivity contribution in [2.75, 3.05) is 6.61 Å². The quantitative estimate of drug-likeness (QED) is 0.735. The molecule has 0 heterocycles. The van der Waals surface area contributed by atoms with E-state index in [4.69, 9.17) is 10.2 Å². The van der Waals surface area contributed by atoms with Crippen LogP contribution in [0.3, 0.4) is 0 Å². The molecule has 0 saturated carbocycles. The van der Waals surface area contributed by atoms with E-state index >= 15 is 0 Å². The van der Waals surface area contributed by atoms with Crippen LogP contribution in [0, 0.1) is 0 Å². The number of aromatic carboxylic acids is 1. The molecular formula is C13H17NO4. The van der Waals surface area contributed by atoms with Crippen molar-refractivity contribution in [1.29, 1.82) is 0 Å². The number of aliphatic hydroxyl groups excluding tert-OH is 1. The maximum absolute atomic E-state index is 12.0. The van der Waals surface area contributed by atoms with Crippen molar-refractivity contribution in [2.24, 2.45) is 0 Å². The Kier molecular flexibility index (Phi) is 4.44. The maximum atomic E-state index is 12.0. The zero-order valence-electron chi connectivity index (χ0n) is 10.4. The summed E-state index contributed by atoms with van der Waals surface area (Å²) in [7, 11) is 0. The molecule has 1 aromatic carbocycles. The van der Waals surface area contributed by atoms with Crippen molar-refractivity contribution in [3.8, 4) is 0 Å². The maximum Gasteiger partial charge on any atom is 0.336 e. The molecule has 0 aliphatic carbocycles. The average Bonchev–Trinajstić information content (AvgIpc) is 2.28. The Morgan fingerprint density at radius 1 is 1.22 bits per heavy atom. The number of rotatable bonds is 5. The van der Waals surface area contributed by atoms with Gasteiger partial charge in [0.15, 0.2) is 0 Å². The summed E-state index contributed by atoms with van der Waals surface area (Å²) in [4.78, 5) is 23.0. The van der Waals surface area contributed by atoms with Gasteiger partial charge in [0.25, 0.3) is 5.91 Å². The molecule has 0 radical (unpaired) electrons. The van der Waals surface area contributed by atoms with Crippen molar-refractivity contribution >= 4 is 11.9 Å². The molecule has 1 aromatic rings. The minimum Gasteiger partial charge on any atom is -0.478 e. The molecule has 1 rings (SSSR count). The molecule has 5 nitrogen and oxygen atoms in total. The van der Waals surface area contributed by atoms with Gasteiger partial charge >= 0.3 is 5.97 Å². The number of nitrogens with one attached hydrogen (secondary N) is 1. The Labute approximate surface area is 105 Å². The number of benzene rings is 1. The molecule has 0 atom stereocenters. The SMILES string of the molecule is CC(C)(CCO)NC(=O)c1ccccc1C(=O)O. The predicted molar refractivity (Wildman–Crippen MR) is 66.6 cm³/mol. The number of hydrogen-bond acceptors (Lipinski definition) is 3. The number of hydrogen-bond donors (Lipinski definition) is 3. The van der Waals surface area contributed by atoms with E-state index in [2.05, 4.69) is 5.32 Å². The van der Waals surface area contributed by atoms with Gasteiger partial charge in [-0.2, -0.15) is 0 Å². The zero-order valence-corrected chi connectivity index (χ0v) is 10.4. The Morgan fingerprint density at radius 3 is 2.28 bits per heavy atom. The third-order valence-electron chi connectivity index (χ3n) is 2.59. The van der Waals surface area contributed by atoms with E-state index in [-0.39, 0.29) is 17.7 Å². The van der Waals surface area contributed by atoms with Gasteiger partial charge < -0.3 is 15.5 Å². The van der Waals surface area contributed by atoms with E-state index in [1.807, 2.05) is 0 Å². The molecule has 0 aliphatic rings. The number of amides is 1. The summed E-state index contributed by atoms with van der Waals surface area (Å²) in [5.74, 6) is -1.59. The molecule has 98 valence electrons. The second-order valence-electron chi connectivity index (χ2n) is 4.66. The van der Waals surface area contributed by atoms with Gasteiger partial charge in [-0.15, -0.1) is 0 Å². The lowest BCUT2D eigenvalue weighted by molar-refractivity contribution is 0.0689. The molecule has 18 heavy (non-hydrogen) atoms. The first-order chi connectivity index (χ1) is 8.37. The Morgan fingerprint density at radius 2 is 1.78 bits per heavy atom. The largest absolute Gasteiger partial charge is 0.478 e. The topological polar surface area (TPSA) is 86.6 Å². The van der Waals surface area contributed by atoms with Gasteiger partial charge in [0.2, 0.25) is 0 Å². The number of carbonyl (C=O) groups excluding carboxylic acids is 1. The minimum absolute atomic E-state index is 0.0326. The molecule has 1 amide bonds. The first-order valence-electron chi connectivity index (χ1n) is 5.63. The number of carboxylic acids is 1. The van der Waals surface area contributed by atoms with E-state index in [1.165, 1.54) is 12.1 Å². The normalized spacial score (nSPS) is 11.1. The summed E-state index contributed by atoms with van der Waals surface area (Å²) in [5, 5.41) is 20.6. The van der Waals surface area contributed by atoms with Crippen molar-refractivity contribution in [3.05, 3.63) is 35.4 Å². The fourth-order valence-electron chi connectivity index (χ4n) is 1.58. The Hall–Kier alpha value is -1.88. The van der Waals surface area contributed by atoms with Gasteiger partial charge in [0, 0.05) is 12.1 Å². The van der Waals surface area contributed by atoms with Crippen LogP contribution in [0.5, 0.6) is 0 Å². The first kappa shape index (κ1) is 14.2. The predicted octanol–water partition coefficient (Wildman–Crippen LogP) is 1.28. The highest BCUT2D eigenvalue weighted by Crippen LogP contribution is 2.13. The van der Waals surface area contributed by atoms with Crippen molar-refractivity contribution in [1.82, 2.24) is 5.32 Å². The summed E-state index contributed by atoms with van der Waals surface area (Å²) < 4.78 is 0. The highest BCUT2D eigenvalue weighted by Gasteiger charge is 2.23. The second kappa shape index (κ2) is 5.64. The Balaban J connectivity index is 2.95. The molecule has 0 fully saturated rings. The lowest BCUT2D eigenvalue weighted by Gasteiger charge is -2.25. The van der Waals surface area contributed by atoms with E-state index in [0.717, 1.165) is 0 Å². The van der Waals surface area contributed by atoms with Crippen LogP contribution >= 0.6 is 0 Å². The van der Waals surface area contributed by atoms with Gasteiger partial charge in [0.05, 0.1) is 11.1 Å². The van der Waals surface area contributed by atoms with Crippen molar-refractivity contribution in [3.63, 3.8) is 0 Å². The highest BCUT2D eigenvalue weighted by molar-refractivity contribution is 6.04. The summed E-state index contributed by atoms with van der Waals surface area (Å²) in [6.45, 7) is 3.49. The van der Waals surface area contributed by atoms with Crippen molar-refractivity contribution < 1.29 is 19.8 Å². The van der Waals surface area contributed by atoms with Gasteiger partial charge in [0.1, 0.15) is 0 Å². The summed E-state index contributed by atoms with van der Waals surface area (Å²) >= 11 is 0. The van der Waals surface area contributed by atoms with E-state index < -0.39 is 17.4 Å². The van der Waals surface area contributed by atoms with E-state index in [1.54, 1.807) is 26.0 Å². The molecule has 0 spiro atoms. The lowest BCUT2D eigenvalue weighted by Crippen LogP contribution is -2.44. The molecular weight excluding hydrogens is 234 g/mol. The van der Waals surface area contributed by atoms with Crippen LogP contribution in [0.1, 0.15) is 41.0 Å². The third-order valence-corrected chi connectivity index (χ3v) is 2.59. The van der Waals surface area contributed by atoms with Crippen molar-refractivity contribution in [2.45, 2.75) is 25.8 Å². The van der Waals surface area contributed by atoms with Crippen LogP contribution in [0.4, 0.5) is 0 Å². The number of aliphatic hydroxyl groups is 1. The summed E-state index contributed by atoms with van der Waals surface area (Å²) in [5.41, 5.74) is -0.497. The molecule has 0 unspecified atom stereocenters. The van der Waals surface area contributed by atoms with Crippen LogP contribution in [0.25, 0.3) is 0 Å². The highest BCUT2D eigenvalue weighted by atomic mass is 16.4. The number of carbonyl (C=O) groups is 2. The molecule has 5 heteroatoms. The average molecular weight is 251 g/mol. The molecule has 0 saturated heterocycles. The smallest absolute Gasteiger partial charge is 0.336 e.